The van der Waals surface area contributed by atoms with Crippen molar-refractivity contribution in [1.29, 1.82) is 0 Å². The molecule has 3 unspecified atom stereocenters. The topological polar surface area (TPSA) is 67.4 Å². The van der Waals surface area contributed by atoms with Crippen molar-refractivity contribution >= 4 is 11.8 Å². The van der Waals surface area contributed by atoms with Gasteiger partial charge >= 0.3 is 6.03 Å². The fraction of sp³-hybridized carbons (Fsp3) is 0.467. The third-order valence-electron chi connectivity index (χ3n) is 3.50. The number of ether oxygens (including phenoxy) is 1. The van der Waals surface area contributed by atoms with Crippen molar-refractivity contribution in [3.63, 3.8) is 0 Å². The summed E-state index contributed by atoms with van der Waals surface area (Å²) in [6.07, 6.45) is -0.586. The number of benzene rings is 1. The Labute approximate surface area is 118 Å². The molecule has 5 nitrogen and oxygen atoms in total. The van der Waals surface area contributed by atoms with Gasteiger partial charge in [0.1, 0.15) is 12.0 Å². The maximum Gasteiger partial charge on any atom is 0.317 e. The first-order valence-electron chi connectivity index (χ1n) is 6.78. The average Bonchev–Trinajstić information content (AvgIpc) is 2.38. The van der Waals surface area contributed by atoms with Crippen molar-refractivity contribution in [2.75, 3.05) is 6.61 Å². The van der Waals surface area contributed by atoms with Gasteiger partial charge in [-0.2, -0.15) is 0 Å². The Balaban J connectivity index is 2.33. The highest BCUT2D eigenvalue weighted by molar-refractivity contribution is 5.84. The molecule has 0 saturated carbocycles. The molecule has 5 heteroatoms. The Morgan fingerprint density at radius 2 is 1.90 bits per heavy atom. The van der Waals surface area contributed by atoms with E-state index in [0.717, 1.165) is 11.1 Å². The molecule has 2 N–H and O–H groups in total. The molecule has 0 aliphatic carbocycles. The van der Waals surface area contributed by atoms with Crippen LogP contribution in [0.4, 0.5) is 4.79 Å². The number of urea groups is 1. The lowest BCUT2D eigenvalue weighted by Crippen LogP contribution is -2.59. The van der Waals surface area contributed by atoms with E-state index >= 15 is 0 Å². The van der Waals surface area contributed by atoms with Crippen LogP contribution >= 0.6 is 0 Å². The van der Waals surface area contributed by atoms with Gasteiger partial charge in [0.25, 0.3) is 0 Å². The van der Waals surface area contributed by atoms with Crippen LogP contribution in [0.5, 0.6) is 0 Å². The molecule has 0 radical (unpaired) electrons. The second-order valence-corrected chi connectivity index (χ2v) is 5.02. The smallest absolute Gasteiger partial charge is 0.317 e. The summed E-state index contributed by atoms with van der Waals surface area (Å²) < 4.78 is 5.51. The number of ketones is 1. The van der Waals surface area contributed by atoms with Gasteiger partial charge in [0.15, 0.2) is 0 Å². The summed E-state index contributed by atoms with van der Waals surface area (Å²) in [7, 11) is 0. The summed E-state index contributed by atoms with van der Waals surface area (Å²) in [4.78, 5) is 23.7. The largest absolute Gasteiger partial charge is 0.358 e. The van der Waals surface area contributed by atoms with Crippen LogP contribution in [0.2, 0.25) is 0 Å². The highest BCUT2D eigenvalue weighted by Crippen LogP contribution is 2.29. The van der Waals surface area contributed by atoms with E-state index in [1.165, 1.54) is 6.92 Å². The Bertz CT molecular complexity index is 498. The lowest BCUT2D eigenvalue weighted by Gasteiger charge is -2.37. The summed E-state index contributed by atoms with van der Waals surface area (Å²) in [5.74, 6) is -0.447. The van der Waals surface area contributed by atoms with Crippen molar-refractivity contribution in [2.24, 2.45) is 5.92 Å². The van der Waals surface area contributed by atoms with E-state index in [-0.39, 0.29) is 17.9 Å². The van der Waals surface area contributed by atoms with E-state index in [1.807, 2.05) is 38.1 Å². The highest BCUT2D eigenvalue weighted by Gasteiger charge is 2.40. The molecule has 3 atom stereocenters. The van der Waals surface area contributed by atoms with Crippen molar-refractivity contribution < 1.29 is 14.3 Å². The molecule has 0 bridgehead atoms. The van der Waals surface area contributed by atoms with Gasteiger partial charge in [0, 0.05) is 6.61 Å². The molecular formula is C15H20N2O3. The van der Waals surface area contributed by atoms with Crippen molar-refractivity contribution in [2.45, 2.75) is 33.0 Å². The van der Waals surface area contributed by atoms with Crippen LogP contribution in [0.3, 0.4) is 0 Å². The number of Topliss-reactive ketones (excluding diaryl/α,β-unsaturated/α-hetero) is 1. The zero-order chi connectivity index (χ0) is 14.7. The average molecular weight is 276 g/mol. The molecule has 2 rings (SSSR count). The highest BCUT2D eigenvalue weighted by atomic mass is 16.5. The van der Waals surface area contributed by atoms with Crippen LogP contribution in [-0.4, -0.2) is 24.6 Å². The number of hydrogen-bond donors (Lipinski definition) is 2. The number of amides is 2. The fourth-order valence-electron chi connectivity index (χ4n) is 2.50. The van der Waals surface area contributed by atoms with Gasteiger partial charge < -0.3 is 15.4 Å². The molecule has 1 aliphatic heterocycles. The Hall–Kier alpha value is -1.88. The Morgan fingerprint density at radius 3 is 2.45 bits per heavy atom. The number of aryl methyl sites for hydroxylation is 1. The molecule has 1 heterocycles. The second kappa shape index (κ2) is 6.05. The quantitative estimate of drug-likeness (QED) is 0.883. The Morgan fingerprint density at radius 1 is 1.25 bits per heavy atom. The molecule has 1 aromatic rings. The first-order valence-corrected chi connectivity index (χ1v) is 6.78. The van der Waals surface area contributed by atoms with Crippen LogP contribution in [-0.2, 0) is 9.53 Å². The minimum Gasteiger partial charge on any atom is -0.358 e. The number of carbonyl (C=O) groups is 2. The number of hydrogen-bond acceptors (Lipinski definition) is 3. The van der Waals surface area contributed by atoms with Crippen molar-refractivity contribution in [3.05, 3.63) is 35.4 Å². The van der Waals surface area contributed by atoms with E-state index in [1.54, 1.807) is 0 Å². The lowest BCUT2D eigenvalue weighted by molar-refractivity contribution is -0.129. The monoisotopic (exact) mass is 276 g/mol. The van der Waals surface area contributed by atoms with Crippen molar-refractivity contribution in [1.82, 2.24) is 10.6 Å². The molecular weight excluding hydrogens is 256 g/mol. The maximum atomic E-state index is 12.0. The standard InChI is InChI=1S/C15H20N2O3/c1-4-20-14-12(10(3)18)13(16-15(19)17-14)11-7-5-9(2)6-8-11/h5-8,12-14H,4H2,1-3H3,(H2,16,17,19). The first kappa shape index (κ1) is 14.5. The van der Waals surface area contributed by atoms with Crippen LogP contribution in [0.15, 0.2) is 24.3 Å². The van der Waals surface area contributed by atoms with E-state index < -0.39 is 12.1 Å². The van der Waals surface area contributed by atoms with E-state index in [2.05, 4.69) is 10.6 Å². The van der Waals surface area contributed by atoms with E-state index in [9.17, 15) is 9.59 Å². The molecule has 1 aromatic carbocycles. The summed E-state index contributed by atoms with van der Waals surface area (Å²) in [5, 5.41) is 5.49. The predicted molar refractivity (Wildman–Crippen MR) is 75.2 cm³/mol. The third-order valence-corrected chi connectivity index (χ3v) is 3.50. The zero-order valence-corrected chi connectivity index (χ0v) is 12.0. The maximum absolute atomic E-state index is 12.0. The number of carbonyl (C=O) groups excluding carboxylic acids is 2. The minimum absolute atomic E-state index is 0.0125. The summed E-state index contributed by atoms with van der Waals surface area (Å²) in [5.41, 5.74) is 2.05. The predicted octanol–water partition coefficient (Wildman–Crippen LogP) is 1.92. The van der Waals surface area contributed by atoms with Crippen LogP contribution in [0.25, 0.3) is 0 Å². The number of rotatable bonds is 4. The van der Waals surface area contributed by atoms with Gasteiger partial charge in [0.2, 0.25) is 0 Å². The molecule has 1 saturated heterocycles. The van der Waals surface area contributed by atoms with Gasteiger partial charge in [0.05, 0.1) is 12.0 Å². The fourth-order valence-corrected chi connectivity index (χ4v) is 2.50. The number of nitrogens with one attached hydrogen (secondary N) is 2. The first-order chi connectivity index (χ1) is 9.52. The van der Waals surface area contributed by atoms with Gasteiger partial charge in [-0.25, -0.2) is 4.79 Å². The van der Waals surface area contributed by atoms with Gasteiger partial charge in [-0.3, -0.25) is 4.79 Å². The molecule has 0 aromatic heterocycles. The molecule has 108 valence electrons. The summed E-state index contributed by atoms with van der Waals surface area (Å²) in [6, 6.07) is 7.13. The second-order valence-electron chi connectivity index (χ2n) is 5.02. The normalized spacial score (nSPS) is 25.8. The van der Waals surface area contributed by atoms with Gasteiger partial charge in [-0.1, -0.05) is 29.8 Å². The van der Waals surface area contributed by atoms with E-state index in [0.29, 0.717) is 6.61 Å². The molecule has 1 fully saturated rings. The molecule has 20 heavy (non-hydrogen) atoms. The molecule has 0 spiro atoms. The lowest BCUT2D eigenvalue weighted by atomic mass is 9.87. The molecule has 2 amide bonds. The van der Waals surface area contributed by atoms with Crippen LogP contribution < -0.4 is 10.6 Å². The third kappa shape index (κ3) is 2.99. The Kier molecular flexibility index (Phi) is 4.39. The van der Waals surface area contributed by atoms with Crippen molar-refractivity contribution in [3.8, 4) is 0 Å². The summed E-state index contributed by atoms with van der Waals surface area (Å²) in [6.45, 7) is 5.80. The molecule has 1 aliphatic rings. The minimum atomic E-state index is -0.586. The zero-order valence-electron chi connectivity index (χ0n) is 12.0. The summed E-state index contributed by atoms with van der Waals surface area (Å²) >= 11 is 0. The van der Waals surface area contributed by atoms with Gasteiger partial charge in [-0.05, 0) is 26.3 Å². The van der Waals surface area contributed by atoms with Crippen LogP contribution in [0, 0.1) is 12.8 Å². The van der Waals surface area contributed by atoms with Gasteiger partial charge in [-0.15, -0.1) is 0 Å². The van der Waals surface area contributed by atoms with E-state index in [4.69, 9.17) is 4.74 Å². The van der Waals surface area contributed by atoms with Crippen LogP contribution in [0.1, 0.15) is 31.0 Å². The SMILES string of the molecule is CCOC1NC(=O)NC(c2ccc(C)cc2)C1C(C)=O.